The molecule has 1 fully saturated rings. The van der Waals surface area contributed by atoms with Gasteiger partial charge in [0, 0.05) is 31.7 Å². The van der Waals surface area contributed by atoms with Crippen molar-refractivity contribution >= 4 is 0 Å². The van der Waals surface area contributed by atoms with Crippen molar-refractivity contribution in [2.45, 2.75) is 44.8 Å². The molecule has 0 amide bonds. The van der Waals surface area contributed by atoms with E-state index in [0.29, 0.717) is 12.1 Å². The Morgan fingerprint density at radius 2 is 1.53 bits per heavy atom. The highest BCUT2D eigenvalue weighted by atomic mass is 16.5. The molecule has 2 heterocycles. The lowest BCUT2D eigenvalue weighted by Crippen LogP contribution is -2.50. The van der Waals surface area contributed by atoms with Crippen molar-refractivity contribution in [1.82, 2.24) is 9.80 Å². The molecule has 2 aromatic carbocycles. The average Bonchev–Trinajstić information content (AvgIpc) is 2.83. The van der Waals surface area contributed by atoms with Gasteiger partial charge in [-0.05, 0) is 73.7 Å². The first-order valence-corrected chi connectivity index (χ1v) is 11.5. The molecule has 6 heteroatoms. The quantitative estimate of drug-likeness (QED) is 0.639. The third-order valence-corrected chi connectivity index (χ3v) is 7.04. The molecule has 0 bridgehead atoms. The van der Waals surface area contributed by atoms with E-state index in [-0.39, 0.29) is 0 Å². The summed E-state index contributed by atoms with van der Waals surface area (Å²) in [6, 6.07) is 11.5. The average molecular weight is 441 g/mol. The van der Waals surface area contributed by atoms with E-state index in [1.54, 1.807) is 28.4 Å². The maximum Gasteiger partial charge on any atom is 0.161 e. The van der Waals surface area contributed by atoms with Crippen LogP contribution in [0.3, 0.4) is 0 Å². The molecule has 2 aliphatic heterocycles. The Morgan fingerprint density at radius 1 is 0.844 bits per heavy atom. The summed E-state index contributed by atoms with van der Waals surface area (Å²) in [6.07, 6.45) is 3.52. The number of piperidine rings is 1. The lowest BCUT2D eigenvalue weighted by molar-refractivity contribution is 0.0607. The monoisotopic (exact) mass is 440 g/mol. The molecule has 0 spiro atoms. The Kier molecular flexibility index (Phi) is 7.11. The molecular weight excluding hydrogens is 404 g/mol. The summed E-state index contributed by atoms with van der Waals surface area (Å²) < 4.78 is 22.0. The second-order valence-corrected chi connectivity index (χ2v) is 8.79. The number of methoxy groups -OCH3 is 4. The van der Waals surface area contributed by atoms with Crippen molar-refractivity contribution < 1.29 is 18.9 Å². The van der Waals surface area contributed by atoms with Crippen molar-refractivity contribution in [3.05, 3.63) is 47.0 Å². The van der Waals surface area contributed by atoms with Crippen molar-refractivity contribution in [2.24, 2.45) is 0 Å². The molecule has 0 aromatic heterocycles. The molecule has 2 aliphatic rings. The summed E-state index contributed by atoms with van der Waals surface area (Å²) in [5, 5.41) is 0. The zero-order valence-corrected chi connectivity index (χ0v) is 20.0. The molecule has 0 N–H and O–H groups in total. The maximum atomic E-state index is 5.58. The van der Waals surface area contributed by atoms with Gasteiger partial charge in [-0.3, -0.25) is 9.80 Å². The van der Waals surface area contributed by atoms with Crippen LogP contribution in [-0.2, 0) is 13.0 Å². The van der Waals surface area contributed by atoms with Gasteiger partial charge in [-0.25, -0.2) is 0 Å². The second kappa shape index (κ2) is 10.0. The van der Waals surface area contributed by atoms with Crippen LogP contribution in [0.25, 0.3) is 0 Å². The summed E-state index contributed by atoms with van der Waals surface area (Å²) in [5.74, 6) is 3.22. The smallest absolute Gasteiger partial charge is 0.161 e. The molecule has 1 saturated heterocycles. The van der Waals surface area contributed by atoms with Crippen molar-refractivity contribution in [3.8, 4) is 23.0 Å². The zero-order chi connectivity index (χ0) is 22.7. The van der Waals surface area contributed by atoms with Gasteiger partial charge in [-0.1, -0.05) is 6.07 Å². The Hall–Kier alpha value is -2.44. The maximum absolute atomic E-state index is 5.58. The number of hydrogen-bond acceptors (Lipinski definition) is 6. The van der Waals surface area contributed by atoms with Crippen molar-refractivity contribution in [1.29, 1.82) is 0 Å². The van der Waals surface area contributed by atoms with E-state index >= 15 is 0 Å². The van der Waals surface area contributed by atoms with E-state index in [0.717, 1.165) is 55.6 Å². The number of fused-ring (bicyclic) bond motifs is 1. The van der Waals surface area contributed by atoms with Gasteiger partial charge < -0.3 is 18.9 Å². The second-order valence-electron chi connectivity index (χ2n) is 8.79. The number of hydrogen-bond donors (Lipinski definition) is 0. The molecular formula is C26H36N2O4. The summed E-state index contributed by atoms with van der Waals surface area (Å²) in [4.78, 5) is 5.27. The summed E-state index contributed by atoms with van der Waals surface area (Å²) >= 11 is 0. The fraction of sp³-hybridized carbons (Fsp3) is 0.538. The minimum Gasteiger partial charge on any atom is -0.493 e. The predicted octanol–water partition coefficient (Wildman–Crippen LogP) is 4.30. The highest BCUT2D eigenvalue weighted by Gasteiger charge is 2.33. The van der Waals surface area contributed by atoms with Gasteiger partial charge in [0.05, 0.1) is 28.4 Å². The van der Waals surface area contributed by atoms with Crippen LogP contribution in [0, 0.1) is 0 Å². The van der Waals surface area contributed by atoms with Gasteiger partial charge in [0.2, 0.25) is 0 Å². The first-order valence-electron chi connectivity index (χ1n) is 11.5. The topological polar surface area (TPSA) is 43.4 Å². The lowest BCUT2D eigenvalue weighted by Gasteiger charge is -2.45. The third-order valence-electron chi connectivity index (χ3n) is 7.04. The van der Waals surface area contributed by atoms with Gasteiger partial charge in [-0.15, -0.1) is 0 Å². The van der Waals surface area contributed by atoms with Crippen LogP contribution in [-0.4, -0.2) is 63.9 Å². The van der Waals surface area contributed by atoms with Crippen LogP contribution >= 0.6 is 0 Å². The number of likely N-dealkylation sites (tertiary alicyclic amines) is 1. The standard InChI is InChI=1S/C26H36N2O4/c1-18-22-15-26(32-5)25(31-4)14-20(22)10-12-28(18)21-7-6-11-27(17-21)16-19-8-9-23(29-2)24(13-19)30-3/h8-9,13-15,18,21H,6-7,10-12,16-17H2,1-5H3. The predicted molar refractivity (Wildman–Crippen MR) is 126 cm³/mol. The zero-order valence-electron chi connectivity index (χ0n) is 20.0. The first kappa shape index (κ1) is 22.7. The minimum absolute atomic E-state index is 0.365. The molecule has 0 saturated carbocycles. The normalized spacial score (nSPS) is 21.7. The van der Waals surface area contributed by atoms with Crippen molar-refractivity contribution in [3.63, 3.8) is 0 Å². The van der Waals surface area contributed by atoms with Crippen LogP contribution in [0.1, 0.15) is 42.5 Å². The Morgan fingerprint density at radius 3 is 2.25 bits per heavy atom. The Labute approximate surface area is 192 Å². The van der Waals surface area contributed by atoms with Crippen LogP contribution in [0.2, 0.25) is 0 Å². The van der Waals surface area contributed by atoms with Crippen LogP contribution in [0.15, 0.2) is 30.3 Å². The highest BCUT2D eigenvalue weighted by molar-refractivity contribution is 5.49. The molecule has 2 unspecified atom stereocenters. The lowest BCUT2D eigenvalue weighted by atomic mass is 9.90. The molecule has 0 radical (unpaired) electrons. The van der Waals surface area contributed by atoms with E-state index in [1.807, 2.05) is 6.07 Å². The number of nitrogens with zero attached hydrogens (tertiary/aromatic N) is 2. The van der Waals surface area contributed by atoms with Crippen molar-refractivity contribution in [2.75, 3.05) is 48.1 Å². The van der Waals surface area contributed by atoms with Gasteiger partial charge >= 0.3 is 0 Å². The summed E-state index contributed by atoms with van der Waals surface area (Å²) in [5.41, 5.74) is 4.01. The highest BCUT2D eigenvalue weighted by Crippen LogP contribution is 2.39. The van der Waals surface area contributed by atoms with Gasteiger partial charge in [0.1, 0.15) is 0 Å². The van der Waals surface area contributed by atoms with E-state index < -0.39 is 0 Å². The molecule has 32 heavy (non-hydrogen) atoms. The van der Waals surface area contributed by atoms with Crippen LogP contribution < -0.4 is 18.9 Å². The fourth-order valence-electron chi connectivity index (χ4n) is 5.35. The number of ether oxygens (including phenoxy) is 4. The summed E-state index contributed by atoms with van der Waals surface area (Å²) in [7, 11) is 6.79. The Balaban J connectivity index is 1.47. The fourth-order valence-corrected chi connectivity index (χ4v) is 5.35. The minimum atomic E-state index is 0.365. The molecule has 4 rings (SSSR count). The first-order chi connectivity index (χ1) is 15.6. The number of benzene rings is 2. The molecule has 0 aliphatic carbocycles. The van der Waals surface area contributed by atoms with E-state index in [1.165, 1.54) is 29.5 Å². The van der Waals surface area contributed by atoms with E-state index in [2.05, 4.69) is 41.0 Å². The third kappa shape index (κ3) is 4.52. The number of rotatable bonds is 7. The van der Waals surface area contributed by atoms with Gasteiger partial charge in [0.15, 0.2) is 23.0 Å². The molecule has 2 atom stereocenters. The summed E-state index contributed by atoms with van der Waals surface area (Å²) in [6.45, 7) is 6.56. The van der Waals surface area contributed by atoms with E-state index in [4.69, 9.17) is 18.9 Å². The van der Waals surface area contributed by atoms with Crippen LogP contribution in [0.4, 0.5) is 0 Å². The van der Waals surface area contributed by atoms with Gasteiger partial charge in [0.25, 0.3) is 0 Å². The molecule has 2 aromatic rings. The SMILES string of the molecule is COc1ccc(CN2CCCC(N3CCc4cc(OC)c(OC)cc4C3C)C2)cc1OC. The largest absolute Gasteiger partial charge is 0.493 e. The van der Waals surface area contributed by atoms with E-state index in [9.17, 15) is 0 Å². The Bertz CT molecular complexity index is 932. The molecule has 174 valence electrons. The van der Waals surface area contributed by atoms with Crippen LogP contribution in [0.5, 0.6) is 23.0 Å². The van der Waals surface area contributed by atoms with Gasteiger partial charge in [-0.2, -0.15) is 0 Å². The molecule has 6 nitrogen and oxygen atoms in total.